The molecule has 0 amide bonds. The van der Waals surface area contributed by atoms with Gasteiger partial charge in [-0.3, -0.25) is 0 Å². The fourth-order valence-corrected chi connectivity index (χ4v) is 5.39. The van der Waals surface area contributed by atoms with Crippen LogP contribution >= 0.6 is 0 Å². The number of hydrogen-bond acceptors (Lipinski definition) is 1. The van der Waals surface area contributed by atoms with Crippen molar-refractivity contribution >= 4 is 0 Å². The number of hydrogen-bond donors (Lipinski definition) is 0. The maximum Gasteiger partial charge on any atom is 0.387 e. The molecule has 2 aliphatic carbocycles. The number of ether oxygens (including phenoxy) is 1. The van der Waals surface area contributed by atoms with Gasteiger partial charge in [-0.05, 0) is 79.7 Å². The summed E-state index contributed by atoms with van der Waals surface area (Å²) in [5.41, 5.74) is 0.804. The lowest BCUT2D eigenvalue weighted by Crippen LogP contribution is -2.17. The first-order valence-corrected chi connectivity index (χ1v) is 12.4. The molecule has 170 valence electrons. The second-order valence-corrected chi connectivity index (χ2v) is 9.56. The van der Waals surface area contributed by atoms with Crippen molar-refractivity contribution in [3.8, 4) is 17.6 Å². The first kappa shape index (κ1) is 23.8. The molecule has 0 aliphatic heterocycles. The van der Waals surface area contributed by atoms with Crippen molar-refractivity contribution in [1.82, 2.24) is 0 Å². The van der Waals surface area contributed by atoms with E-state index in [4.69, 9.17) is 0 Å². The van der Waals surface area contributed by atoms with Gasteiger partial charge in [-0.25, -0.2) is 0 Å². The molecule has 0 atom stereocenters. The summed E-state index contributed by atoms with van der Waals surface area (Å²) in [5.74, 6) is 9.90. The molecular formula is C28H38F2O. The smallest absolute Gasteiger partial charge is 0.387 e. The first-order chi connectivity index (χ1) is 15.1. The number of rotatable bonds is 8. The van der Waals surface area contributed by atoms with E-state index in [1.54, 1.807) is 12.1 Å². The Balaban J connectivity index is 1.31. The minimum Gasteiger partial charge on any atom is -0.435 e. The van der Waals surface area contributed by atoms with Crippen LogP contribution in [0.15, 0.2) is 36.4 Å². The van der Waals surface area contributed by atoms with Crippen molar-refractivity contribution in [2.24, 2.45) is 23.7 Å². The highest BCUT2D eigenvalue weighted by atomic mass is 19.3. The predicted octanol–water partition coefficient (Wildman–Crippen LogP) is 8.39. The lowest BCUT2D eigenvalue weighted by molar-refractivity contribution is -0.0498. The third kappa shape index (κ3) is 8.68. The molecule has 3 heteroatoms. The maximum atomic E-state index is 12.2. The molecule has 0 N–H and O–H groups in total. The lowest BCUT2D eigenvalue weighted by Gasteiger charge is -2.31. The zero-order valence-electron chi connectivity index (χ0n) is 19.0. The number of allylic oxidation sites excluding steroid dienone is 2. The number of halogens is 2. The second kappa shape index (κ2) is 12.9. The summed E-state index contributed by atoms with van der Waals surface area (Å²) >= 11 is 0. The number of benzene rings is 1. The number of alkyl halides is 2. The third-order valence-corrected chi connectivity index (χ3v) is 7.29. The second-order valence-electron chi connectivity index (χ2n) is 9.56. The summed E-state index contributed by atoms with van der Waals surface area (Å²) in [6.45, 7) is -0.472. The molecule has 0 radical (unpaired) electrons. The van der Waals surface area contributed by atoms with Crippen LogP contribution in [0, 0.1) is 35.5 Å². The summed E-state index contributed by atoms with van der Waals surface area (Å²) in [7, 11) is 0. The van der Waals surface area contributed by atoms with Gasteiger partial charge in [0.1, 0.15) is 5.75 Å². The van der Waals surface area contributed by atoms with Gasteiger partial charge in [0.2, 0.25) is 0 Å². The largest absolute Gasteiger partial charge is 0.435 e. The molecule has 0 heterocycles. The van der Waals surface area contributed by atoms with Crippen LogP contribution in [0.1, 0.15) is 89.5 Å². The van der Waals surface area contributed by atoms with Crippen LogP contribution < -0.4 is 4.74 Å². The summed E-state index contributed by atoms with van der Waals surface area (Å²) < 4.78 is 28.7. The molecule has 0 saturated heterocycles. The van der Waals surface area contributed by atoms with E-state index in [2.05, 4.69) is 29.6 Å². The SMILES string of the molecule is CCCC1CCC(CCC2CCC(/C=C/C#Cc3ccc(OC(F)F)cc3)CC2)CC1. The van der Waals surface area contributed by atoms with E-state index < -0.39 is 6.61 Å². The van der Waals surface area contributed by atoms with Gasteiger partial charge in [-0.15, -0.1) is 0 Å². The van der Waals surface area contributed by atoms with Gasteiger partial charge in [-0.1, -0.05) is 76.2 Å². The van der Waals surface area contributed by atoms with Gasteiger partial charge in [0.25, 0.3) is 0 Å². The molecule has 3 rings (SSSR count). The van der Waals surface area contributed by atoms with E-state index in [9.17, 15) is 8.78 Å². The topological polar surface area (TPSA) is 9.23 Å². The van der Waals surface area contributed by atoms with E-state index in [0.29, 0.717) is 5.92 Å². The minimum absolute atomic E-state index is 0.164. The van der Waals surface area contributed by atoms with E-state index in [1.807, 2.05) is 6.08 Å². The van der Waals surface area contributed by atoms with E-state index in [-0.39, 0.29) is 5.75 Å². The average molecular weight is 429 g/mol. The van der Waals surface area contributed by atoms with Gasteiger partial charge in [-0.2, -0.15) is 8.78 Å². The molecule has 1 nitrogen and oxygen atoms in total. The molecule has 1 aromatic carbocycles. The van der Waals surface area contributed by atoms with Crippen molar-refractivity contribution in [2.75, 3.05) is 0 Å². The van der Waals surface area contributed by atoms with Gasteiger partial charge < -0.3 is 4.74 Å². The Labute approximate surface area is 187 Å². The van der Waals surface area contributed by atoms with Crippen LogP contribution in [0.2, 0.25) is 0 Å². The Morgan fingerprint density at radius 3 is 1.97 bits per heavy atom. The molecule has 2 aliphatic rings. The van der Waals surface area contributed by atoms with Crippen LogP contribution in [-0.4, -0.2) is 6.61 Å². The van der Waals surface area contributed by atoms with Gasteiger partial charge in [0, 0.05) is 5.56 Å². The molecule has 2 saturated carbocycles. The lowest BCUT2D eigenvalue weighted by atomic mass is 9.75. The normalized spacial score (nSPS) is 26.6. The highest BCUT2D eigenvalue weighted by Crippen LogP contribution is 2.37. The summed E-state index contributed by atoms with van der Waals surface area (Å²) in [5, 5.41) is 0. The van der Waals surface area contributed by atoms with Crippen LogP contribution in [0.3, 0.4) is 0 Å². The Kier molecular flexibility index (Phi) is 9.91. The quantitative estimate of drug-likeness (QED) is 0.378. The van der Waals surface area contributed by atoms with Crippen LogP contribution in [0.4, 0.5) is 8.78 Å². The minimum atomic E-state index is -2.79. The van der Waals surface area contributed by atoms with Crippen LogP contribution in [0.25, 0.3) is 0 Å². The standard InChI is InChI=1S/C28H38F2O/c1-2-5-22-8-12-25(13-9-22)16-17-26-14-10-23(11-15-26)6-3-4-7-24-18-20-27(21-19-24)31-28(29)30/h3,6,18-23,25-26,28H,2,5,8-17H2,1H3/b6-3+. The molecule has 0 spiro atoms. The maximum absolute atomic E-state index is 12.2. The van der Waals surface area contributed by atoms with Crippen molar-refractivity contribution in [3.05, 3.63) is 42.0 Å². The van der Waals surface area contributed by atoms with E-state index in [0.717, 1.165) is 23.3 Å². The molecule has 0 aromatic heterocycles. The highest BCUT2D eigenvalue weighted by Gasteiger charge is 2.23. The molecular weight excluding hydrogens is 390 g/mol. The average Bonchev–Trinajstić information content (AvgIpc) is 2.78. The molecule has 1 aromatic rings. The molecule has 0 bridgehead atoms. The van der Waals surface area contributed by atoms with Crippen LogP contribution in [-0.2, 0) is 0 Å². The van der Waals surface area contributed by atoms with Crippen molar-refractivity contribution in [2.45, 2.75) is 90.6 Å². The fourth-order valence-electron chi connectivity index (χ4n) is 5.39. The van der Waals surface area contributed by atoms with Crippen molar-refractivity contribution in [1.29, 1.82) is 0 Å². The van der Waals surface area contributed by atoms with Gasteiger partial charge in [0.15, 0.2) is 0 Å². The fraction of sp³-hybridized carbons (Fsp3) is 0.643. The predicted molar refractivity (Wildman–Crippen MR) is 124 cm³/mol. The Bertz CT molecular complexity index is 712. The first-order valence-electron chi connectivity index (χ1n) is 12.4. The van der Waals surface area contributed by atoms with Crippen molar-refractivity contribution in [3.63, 3.8) is 0 Å². The summed E-state index contributed by atoms with van der Waals surface area (Å²) in [6.07, 6.45) is 21.1. The highest BCUT2D eigenvalue weighted by molar-refractivity contribution is 5.40. The monoisotopic (exact) mass is 428 g/mol. The summed E-state index contributed by atoms with van der Waals surface area (Å²) in [6, 6.07) is 6.47. The molecule has 31 heavy (non-hydrogen) atoms. The van der Waals surface area contributed by atoms with Gasteiger partial charge in [0.05, 0.1) is 0 Å². The van der Waals surface area contributed by atoms with Crippen LogP contribution in [0.5, 0.6) is 5.75 Å². The third-order valence-electron chi connectivity index (χ3n) is 7.29. The Morgan fingerprint density at radius 2 is 1.42 bits per heavy atom. The zero-order chi connectivity index (χ0) is 21.9. The molecule has 0 unspecified atom stereocenters. The Morgan fingerprint density at radius 1 is 0.871 bits per heavy atom. The van der Waals surface area contributed by atoms with E-state index in [1.165, 1.54) is 89.2 Å². The van der Waals surface area contributed by atoms with Gasteiger partial charge >= 0.3 is 6.61 Å². The van der Waals surface area contributed by atoms with E-state index >= 15 is 0 Å². The summed E-state index contributed by atoms with van der Waals surface area (Å²) in [4.78, 5) is 0. The zero-order valence-corrected chi connectivity index (χ0v) is 19.0. The molecule has 2 fully saturated rings. The Hall–Kier alpha value is -1.82. The van der Waals surface area contributed by atoms with Crippen molar-refractivity contribution < 1.29 is 13.5 Å².